The molecule has 3 aromatic rings. The third kappa shape index (κ3) is 5.44. The first kappa shape index (κ1) is 22.4. The number of anilines is 1. The molecular formula is C24H26N2O4S. The van der Waals surface area contributed by atoms with E-state index in [1.807, 2.05) is 32.0 Å². The topological polar surface area (TPSA) is 84.5 Å². The number of rotatable bonds is 8. The third-order valence-corrected chi connectivity index (χ3v) is 6.36. The molecule has 6 nitrogen and oxygen atoms in total. The summed E-state index contributed by atoms with van der Waals surface area (Å²) < 4.78 is 32.9. The molecule has 0 bridgehead atoms. The van der Waals surface area contributed by atoms with Crippen LogP contribution in [0.3, 0.4) is 0 Å². The lowest BCUT2D eigenvalue weighted by Crippen LogP contribution is -2.28. The maximum absolute atomic E-state index is 12.9. The largest absolute Gasteiger partial charge is 0.496 e. The summed E-state index contributed by atoms with van der Waals surface area (Å²) in [4.78, 5) is 13.0. The molecule has 2 N–H and O–H groups in total. The summed E-state index contributed by atoms with van der Waals surface area (Å²) in [6, 6.07) is 20.2. The van der Waals surface area contributed by atoms with Crippen molar-refractivity contribution in [2.45, 2.75) is 31.2 Å². The Morgan fingerprint density at radius 2 is 1.74 bits per heavy atom. The minimum absolute atomic E-state index is 0.158. The van der Waals surface area contributed by atoms with E-state index < -0.39 is 10.0 Å². The van der Waals surface area contributed by atoms with Gasteiger partial charge < -0.3 is 10.1 Å². The lowest BCUT2D eigenvalue weighted by Gasteiger charge is -2.19. The van der Waals surface area contributed by atoms with E-state index in [1.165, 1.54) is 18.2 Å². The molecule has 0 aliphatic rings. The van der Waals surface area contributed by atoms with Crippen LogP contribution in [0.15, 0.2) is 77.7 Å². The second kappa shape index (κ2) is 9.66. The Bertz CT molecular complexity index is 1160. The van der Waals surface area contributed by atoms with Crippen molar-refractivity contribution in [2.24, 2.45) is 0 Å². The van der Waals surface area contributed by atoms with Crippen LogP contribution >= 0.6 is 0 Å². The highest BCUT2D eigenvalue weighted by Gasteiger charge is 2.17. The van der Waals surface area contributed by atoms with E-state index in [9.17, 15) is 13.2 Å². The van der Waals surface area contributed by atoms with Crippen molar-refractivity contribution in [2.75, 3.05) is 11.8 Å². The van der Waals surface area contributed by atoms with Gasteiger partial charge in [-0.3, -0.25) is 9.52 Å². The van der Waals surface area contributed by atoms with E-state index >= 15 is 0 Å². The number of methoxy groups -OCH3 is 1. The molecule has 0 saturated heterocycles. The number of ether oxygens (including phenoxy) is 1. The standard InChI is InChI=1S/C24H26N2O4S/c1-4-22(18-13-14-23(30-3)17(2)15-18)25-24(27)19-9-8-10-20(16-19)26-31(28,29)21-11-6-5-7-12-21/h5-16,22,26H,4H2,1-3H3,(H,25,27). The first-order valence-corrected chi connectivity index (χ1v) is 11.5. The molecule has 1 atom stereocenters. The lowest BCUT2D eigenvalue weighted by atomic mass is 10.0. The van der Waals surface area contributed by atoms with Gasteiger partial charge in [-0.05, 0) is 60.9 Å². The van der Waals surface area contributed by atoms with E-state index in [0.717, 1.165) is 16.9 Å². The summed E-state index contributed by atoms with van der Waals surface area (Å²) in [5.41, 5.74) is 2.67. The second-order valence-electron chi connectivity index (χ2n) is 7.16. The Hall–Kier alpha value is -3.32. The molecule has 162 valence electrons. The quantitative estimate of drug-likeness (QED) is 0.535. The van der Waals surface area contributed by atoms with Gasteiger partial charge in [0.05, 0.1) is 18.0 Å². The van der Waals surface area contributed by atoms with Crippen molar-refractivity contribution in [1.29, 1.82) is 0 Å². The van der Waals surface area contributed by atoms with Crippen LogP contribution in [0.2, 0.25) is 0 Å². The molecule has 0 aliphatic carbocycles. The summed E-state index contributed by atoms with van der Waals surface area (Å²) >= 11 is 0. The van der Waals surface area contributed by atoms with E-state index in [1.54, 1.807) is 43.5 Å². The number of hydrogen-bond acceptors (Lipinski definition) is 4. The van der Waals surface area contributed by atoms with Crippen LogP contribution in [0, 0.1) is 6.92 Å². The normalized spacial score (nSPS) is 12.1. The van der Waals surface area contributed by atoms with Gasteiger partial charge in [-0.25, -0.2) is 8.42 Å². The van der Waals surface area contributed by atoms with Crippen LogP contribution in [0.25, 0.3) is 0 Å². The fourth-order valence-electron chi connectivity index (χ4n) is 3.32. The fraction of sp³-hybridized carbons (Fsp3) is 0.208. The molecule has 0 fully saturated rings. The predicted octanol–water partition coefficient (Wildman–Crippen LogP) is 4.69. The average Bonchev–Trinajstić information content (AvgIpc) is 2.77. The Kier molecular flexibility index (Phi) is 6.97. The minimum atomic E-state index is -3.73. The Labute approximate surface area is 183 Å². The van der Waals surface area contributed by atoms with Gasteiger partial charge in [0.25, 0.3) is 15.9 Å². The summed E-state index contributed by atoms with van der Waals surface area (Å²) in [5.74, 6) is 0.518. The van der Waals surface area contributed by atoms with Gasteiger partial charge in [-0.2, -0.15) is 0 Å². The van der Waals surface area contributed by atoms with Crippen LogP contribution in [0.5, 0.6) is 5.75 Å². The summed E-state index contributed by atoms with van der Waals surface area (Å²) in [6.07, 6.45) is 0.706. The molecule has 3 aromatic carbocycles. The second-order valence-corrected chi connectivity index (χ2v) is 8.85. The predicted molar refractivity (Wildman–Crippen MR) is 122 cm³/mol. The van der Waals surface area contributed by atoms with Gasteiger partial charge >= 0.3 is 0 Å². The van der Waals surface area contributed by atoms with E-state index in [4.69, 9.17) is 4.74 Å². The van der Waals surface area contributed by atoms with Crippen molar-refractivity contribution >= 4 is 21.6 Å². The molecule has 7 heteroatoms. The third-order valence-electron chi connectivity index (χ3n) is 4.97. The number of hydrogen-bond donors (Lipinski definition) is 2. The van der Waals surface area contributed by atoms with Gasteiger partial charge in [0.1, 0.15) is 5.75 Å². The number of sulfonamides is 1. The van der Waals surface area contributed by atoms with Crippen LogP contribution in [0.4, 0.5) is 5.69 Å². The smallest absolute Gasteiger partial charge is 0.261 e. The van der Waals surface area contributed by atoms with E-state index in [2.05, 4.69) is 10.0 Å². The van der Waals surface area contributed by atoms with Crippen molar-refractivity contribution < 1.29 is 17.9 Å². The zero-order valence-corrected chi connectivity index (χ0v) is 18.6. The van der Waals surface area contributed by atoms with Crippen molar-refractivity contribution in [3.05, 3.63) is 89.5 Å². The maximum atomic E-state index is 12.9. The van der Waals surface area contributed by atoms with Crippen LogP contribution in [0.1, 0.15) is 40.9 Å². The molecular weight excluding hydrogens is 412 g/mol. The Morgan fingerprint density at radius 1 is 1.00 bits per heavy atom. The monoisotopic (exact) mass is 438 g/mol. The van der Waals surface area contributed by atoms with E-state index in [0.29, 0.717) is 17.7 Å². The Balaban J connectivity index is 1.77. The zero-order valence-electron chi connectivity index (χ0n) is 17.8. The minimum Gasteiger partial charge on any atom is -0.496 e. The van der Waals surface area contributed by atoms with Gasteiger partial charge in [0.15, 0.2) is 0 Å². The molecule has 0 aromatic heterocycles. The number of amides is 1. The highest BCUT2D eigenvalue weighted by molar-refractivity contribution is 7.92. The van der Waals surface area contributed by atoms with Gasteiger partial charge in [-0.1, -0.05) is 43.3 Å². The van der Waals surface area contributed by atoms with Crippen molar-refractivity contribution in [1.82, 2.24) is 5.32 Å². The number of benzene rings is 3. The molecule has 1 unspecified atom stereocenters. The SMILES string of the molecule is CCC(NC(=O)c1cccc(NS(=O)(=O)c2ccccc2)c1)c1ccc(OC)c(C)c1. The summed E-state index contributed by atoms with van der Waals surface area (Å²) in [5, 5.41) is 3.03. The average molecular weight is 439 g/mol. The van der Waals surface area contributed by atoms with Gasteiger partial charge in [0, 0.05) is 11.3 Å². The molecule has 31 heavy (non-hydrogen) atoms. The molecule has 0 radical (unpaired) electrons. The van der Waals surface area contributed by atoms with Gasteiger partial charge in [-0.15, -0.1) is 0 Å². The number of carbonyl (C=O) groups excluding carboxylic acids is 1. The summed E-state index contributed by atoms with van der Waals surface area (Å²) in [6.45, 7) is 3.95. The first-order chi connectivity index (χ1) is 14.8. The summed E-state index contributed by atoms with van der Waals surface area (Å²) in [7, 11) is -2.11. The van der Waals surface area contributed by atoms with E-state index in [-0.39, 0.29) is 16.8 Å². The Morgan fingerprint density at radius 3 is 2.39 bits per heavy atom. The molecule has 0 saturated carbocycles. The van der Waals surface area contributed by atoms with Crippen LogP contribution < -0.4 is 14.8 Å². The first-order valence-electron chi connectivity index (χ1n) is 9.97. The van der Waals surface area contributed by atoms with Crippen molar-refractivity contribution in [3.8, 4) is 5.75 Å². The highest BCUT2D eigenvalue weighted by Crippen LogP contribution is 2.25. The molecule has 0 heterocycles. The van der Waals surface area contributed by atoms with Crippen LogP contribution in [-0.2, 0) is 10.0 Å². The molecule has 3 rings (SSSR count). The zero-order chi connectivity index (χ0) is 22.4. The number of carbonyl (C=O) groups is 1. The van der Waals surface area contributed by atoms with Gasteiger partial charge in [0.2, 0.25) is 0 Å². The molecule has 0 aliphatic heterocycles. The number of nitrogens with one attached hydrogen (secondary N) is 2. The molecule has 0 spiro atoms. The highest BCUT2D eigenvalue weighted by atomic mass is 32.2. The molecule has 1 amide bonds. The van der Waals surface area contributed by atoms with Crippen molar-refractivity contribution in [3.63, 3.8) is 0 Å². The maximum Gasteiger partial charge on any atom is 0.261 e. The fourth-order valence-corrected chi connectivity index (χ4v) is 4.39. The lowest BCUT2D eigenvalue weighted by molar-refractivity contribution is 0.0935. The van der Waals surface area contributed by atoms with Crippen LogP contribution in [-0.4, -0.2) is 21.4 Å². The number of aryl methyl sites for hydroxylation is 1.